The van der Waals surface area contributed by atoms with Crippen molar-refractivity contribution in [3.05, 3.63) is 57.1 Å². The van der Waals surface area contributed by atoms with Crippen LogP contribution >= 0.6 is 0 Å². The Morgan fingerprint density at radius 1 is 1.26 bits per heavy atom. The molecule has 0 bridgehead atoms. The van der Waals surface area contributed by atoms with Gasteiger partial charge in [-0.3, -0.25) is 19.0 Å². The van der Waals surface area contributed by atoms with Crippen molar-refractivity contribution >= 4 is 23.3 Å². The maximum absolute atomic E-state index is 13.5. The molecule has 1 saturated heterocycles. The van der Waals surface area contributed by atoms with E-state index in [1.165, 1.54) is 12.1 Å². The summed E-state index contributed by atoms with van der Waals surface area (Å²) in [5, 5.41) is 7.54. The first-order valence-corrected chi connectivity index (χ1v) is 13.2. The SMILES string of the molecule is Cc1nc2n(c(=O)c1CCN1CCC(c3noc4cc(F)ccc34)CC1)CCCC2OC(=O)CCNC=O. The van der Waals surface area contributed by atoms with Crippen molar-refractivity contribution in [1.82, 2.24) is 24.9 Å². The van der Waals surface area contributed by atoms with E-state index in [-0.39, 0.29) is 30.3 Å². The lowest BCUT2D eigenvalue weighted by molar-refractivity contribution is -0.150. The van der Waals surface area contributed by atoms with Crippen molar-refractivity contribution < 1.29 is 23.2 Å². The number of amides is 1. The quantitative estimate of drug-likeness (QED) is 0.257. The predicted molar refractivity (Wildman–Crippen MR) is 136 cm³/mol. The van der Waals surface area contributed by atoms with Gasteiger partial charge in [0.05, 0.1) is 12.1 Å². The Balaban J connectivity index is 1.20. The van der Waals surface area contributed by atoms with Gasteiger partial charge in [0.15, 0.2) is 17.5 Å². The first-order valence-electron chi connectivity index (χ1n) is 13.2. The molecule has 2 aliphatic heterocycles. The third-order valence-electron chi connectivity index (χ3n) is 7.58. The van der Waals surface area contributed by atoms with Gasteiger partial charge in [-0.05, 0) is 64.3 Å². The molecule has 1 N–H and O–H groups in total. The van der Waals surface area contributed by atoms with Crippen molar-refractivity contribution in [3.63, 3.8) is 0 Å². The lowest BCUT2D eigenvalue weighted by Gasteiger charge is -2.31. The van der Waals surface area contributed by atoms with Crippen LogP contribution in [0, 0.1) is 12.7 Å². The number of piperidine rings is 1. The highest BCUT2D eigenvalue weighted by Gasteiger charge is 2.29. The number of aryl methyl sites for hydroxylation is 1. The van der Waals surface area contributed by atoms with Gasteiger partial charge in [0.25, 0.3) is 5.56 Å². The van der Waals surface area contributed by atoms with Crippen molar-refractivity contribution in [2.75, 3.05) is 26.2 Å². The number of esters is 1. The predicted octanol–water partition coefficient (Wildman–Crippen LogP) is 2.77. The summed E-state index contributed by atoms with van der Waals surface area (Å²) < 4.78 is 26.1. The molecule has 0 aliphatic carbocycles. The number of fused-ring (bicyclic) bond motifs is 2. The van der Waals surface area contributed by atoms with Crippen LogP contribution in [0.15, 0.2) is 27.5 Å². The van der Waals surface area contributed by atoms with E-state index in [2.05, 4.69) is 15.4 Å². The van der Waals surface area contributed by atoms with E-state index < -0.39 is 12.1 Å². The Hall–Kier alpha value is -3.60. The van der Waals surface area contributed by atoms with Gasteiger partial charge in [-0.15, -0.1) is 0 Å². The molecule has 0 saturated carbocycles. The lowest BCUT2D eigenvalue weighted by atomic mass is 9.91. The maximum Gasteiger partial charge on any atom is 0.308 e. The van der Waals surface area contributed by atoms with E-state index in [9.17, 15) is 18.8 Å². The number of ether oxygens (including phenoxy) is 1. The lowest BCUT2D eigenvalue weighted by Crippen LogP contribution is -2.38. The van der Waals surface area contributed by atoms with Crippen molar-refractivity contribution in [3.8, 4) is 0 Å². The Bertz CT molecular complexity index is 1380. The summed E-state index contributed by atoms with van der Waals surface area (Å²) in [5.41, 5.74) is 2.67. The van der Waals surface area contributed by atoms with E-state index in [0.717, 1.165) is 50.0 Å². The second-order valence-corrected chi connectivity index (χ2v) is 10.0. The van der Waals surface area contributed by atoms with Gasteiger partial charge >= 0.3 is 5.97 Å². The zero-order valence-corrected chi connectivity index (χ0v) is 21.5. The Morgan fingerprint density at radius 3 is 2.87 bits per heavy atom. The normalized spacial score (nSPS) is 18.3. The van der Waals surface area contributed by atoms with Gasteiger partial charge in [0.2, 0.25) is 6.41 Å². The number of likely N-dealkylation sites (tertiary alicyclic amines) is 1. The molecule has 202 valence electrons. The van der Waals surface area contributed by atoms with Crippen LogP contribution in [0.4, 0.5) is 4.39 Å². The topological polar surface area (TPSA) is 120 Å². The maximum atomic E-state index is 13.5. The first kappa shape index (κ1) is 26.0. The Kier molecular flexibility index (Phi) is 7.82. The number of halogens is 1. The fourth-order valence-corrected chi connectivity index (χ4v) is 5.52. The van der Waals surface area contributed by atoms with E-state index in [0.29, 0.717) is 48.5 Å². The molecule has 38 heavy (non-hydrogen) atoms. The zero-order valence-electron chi connectivity index (χ0n) is 21.5. The molecule has 5 rings (SSSR count). The molecule has 3 aromatic rings. The average Bonchev–Trinajstić information content (AvgIpc) is 3.32. The van der Waals surface area contributed by atoms with Crippen LogP contribution in [0.25, 0.3) is 11.0 Å². The van der Waals surface area contributed by atoms with E-state index >= 15 is 0 Å². The van der Waals surface area contributed by atoms with Gasteiger partial charge in [0, 0.05) is 48.3 Å². The van der Waals surface area contributed by atoms with Crippen molar-refractivity contribution in [2.24, 2.45) is 0 Å². The van der Waals surface area contributed by atoms with Gasteiger partial charge in [0.1, 0.15) is 5.82 Å². The number of hydrogen-bond donors (Lipinski definition) is 1. The summed E-state index contributed by atoms with van der Waals surface area (Å²) in [7, 11) is 0. The molecule has 11 heteroatoms. The summed E-state index contributed by atoms with van der Waals surface area (Å²) in [4.78, 5) is 43.0. The molecule has 4 heterocycles. The third-order valence-corrected chi connectivity index (χ3v) is 7.58. The van der Waals surface area contributed by atoms with Crippen LogP contribution in [-0.2, 0) is 27.3 Å². The smallest absolute Gasteiger partial charge is 0.308 e. The Morgan fingerprint density at radius 2 is 2.08 bits per heavy atom. The molecule has 2 aliphatic rings. The van der Waals surface area contributed by atoms with E-state index in [1.54, 1.807) is 10.6 Å². The molecule has 10 nitrogen and oxygen atoms in total. The van der Waals surface area contributed by atoms with Crippen LogP contribution in [0.3, 0.4) is 0 Å². The van der Waals surface area contributed by atoms with Crippen molar-refractivity contribution in [2.45, 2.75) is 64.0 Å². The number of nitrogens with zero attached hydrogens (tertiary/aromatic N) is 4. The number of benzene rings is 1. The van der Waals surface area contributed by atoms with Gasteiger partial charge < -0.3 is 19.5 Å². The summed E-state index contributed by atoms with van der Waals surface area (Å²) in [5.74, 6) is -0.00894. The summed E-state index contributed by atoms with van der Waals surface area (Å²) in [6.45, 7) is 5.09. The number of hydrogen-bond acceptors (Lipinski definition) is 8. The second-order valence-electron chi connectivity index (χ2n) is 10.0. The van der Waals surface area contributed by atoms with Gasteiger partial charge in [-0.25, -0.2) is 9.37 Å². The molecule has 1 aromatic carbocycles. The fourth-order valence-electron chi connectivity index (χ4n) is 5.52. The molecule has 1 unspecified atom stereocenters. The molecular weight excluding hydrogens is 493 g/mol. The third kappa shape index (κ3) is 5.47. The minimum Gasteiger partial charge on any atom is -0.454 e. The molecule has 0 spiro atoms. The number of nitrogens with one attached hydrogen (secondary N) is 1. The fraction of sp³-hybridized carbons (Fsp3) is 0.519. The van der Waals surface area contributed by atoms with E-state index in [1.807, 2.05) is 6.92 Å². The molecule has 1 atom stereocenters. The molecule has 0 radical (unpaired) electrons. The summed E-state index contributed by atoms with van der Waals surface area (Å²) in [6.07, 6.45) is 3.80. The van der Waals surface area contributed by atoms with Crippen LogP contribution in [0.2, 0.25) is 0 Å². The van der Waals surface area contributed by atoms with Crippen LogP contribution in [0.1, 0.15) is 66.9 Å². The minimum absolute atomic E-state index is 0.0629. The van der Waals surface area contributed by atoms with Gasteiger partial charge in [-0.1, -0.05) is 5.16 Å². The van der Waals surface area contributed by atoms with Crippen LogP contribution in [-0.4, -0.2) is 58.2 Å². The van der Waals surface area contributed by atoms with Crippen LogP contribution in [0.5, 0.6) is 0 Å². The average molecular weight is 526 g/mol. The molecule has 1 fully saturated rings. The highest BCUT2D eigenvalue weighted by atomic mass is 19.1. The largest absolute Gasteiger partial charge is 0.454 e. The first-order chi connectivity index (χ1) is 18.4. The monoisotopic (exact) mass is 525 g/mol. The molecule has 1 amide bonds. The standard InChI is InChI=1S/C27H32FN5O5/c1-17-20(27(36)33-11-2-3-22(26(33)30-17)37-24(35)6-10-29-16-34)9-14-32-12-7-18(8-13-32)25-21-5-4-19(28)15-23(21)38-31-25/h4-5,15-16,18,22H,2-3,6-14H2,1H3,(H,29,34). The summed E-state index contributed by atoms with van der Waals surface area (Å²) in [6, 6.07) is 4.54. The number of carbonyl (C=O) groups excluding carboxylic acids is 2. The van der Waals surface area contributed by atoms with Crippen molar-refractivity contribution in [1.29, 1.82) is 0 Å². The minimum atomic E-state index is -0.559. The summed E-state index contributed by atoms with van der Waals surface area (Å²) >= 11 is 0. The Labute approximate surface area is 219 Å². The number of aromatic nitrogens is 3. The highest BCUT2D eigenvalue weighted by molar-refractivity contribution is 5.79. The van der Waals surface area contributed by atoms with E-state index in [4.69, 9.17) is 14.2 Å². The second kappa shape index (κ2) is 11.4. The number of carbonyl (C=O) groups is 2. The number of rotatable bonds is 9. The van der Waals surface area contributed by atoms with Gasteiger partial charge in [-0.2, -0.15) is 0 Å². The molecular formula is C27H32FN5O5. The molecule has 2 aromatic heterocycles. The zero-order chi connectivity index (χ0) is 26.6. The highest BCUT2D eigenvalue weighted by Crippen LogP contribution is 2.33. The van der Waals surface area contributed by atoms with Crippen LogP contribution < -0.4 is 10.9 Å².